The highest BCUT2D eigenvalue weighted by atomic mass is 35.5. The lowest BCUT2D eigenvalue weighted by molar-refractivity contribution is -0.137. The Kier molecular flexibility index (Phi) is 5.45. The van der Waals surface area contributed by atoms with Crippen molar-refractivity contribution in [3.8, 4) is 6.07 Å². The smallest absolute Gasteiger partial charge is 0.319 e. The quantitative estimate of drug-likeness (QED) is 0.825. The molecule has 0 aliphatic carbocycles. The van der Waals surface area contributed by atoms with E-state index in [0.29, 0.717) is 6.07 Å². The number of hydrogen-bond acceptors (Lipinski definition) is 3. The fourth-order valence-electron chi connectivity index (χ4n) is 2.07. The summed E-state index contributed by atoms with van der Waals surface area (Å²) in [6, 6.07) is 11.4. The van der Waals surface area contributed by atoms with Gasteiger partial charge < -0.3 is 5.32 Å². The van der Waals surface area contributed by atoms with Gasteiger partial charge in [0.1, 0.15) is 5.92 Å². The minimum absolute atomic E-state index is 0.198. The average Bonchev–Trinajstić information content (AvgIpc) is 2.55. The summed E-state index contributed by atoms with van der Waals surface area (Å²) in [5.41, 5.74) is -0.945. The molecule has 1 N–H and O–H groups in total. The molecule has 0 fully saturated rings. The number of nitrogens with zero attached hydrogens (tertiary/aromatic N) is 1. The van der Waals surface area contributed by atoms with Gasteiger partial charge in [-0.15, -0.1) is 0 Å². The van der Waals surface area contributed by atoms with E-state index < -0.39 is 29.3 Å². The summed E-state index contributed by atoms with van der Waals surface area (Å²) < 4.78 is 38.0. The molecule has 8 heteroatoms. The second-order valence-electron chi connectivity index (χ2n) is 5.01. The van der Waals surface area contributed by atoms with Crippen molar-refractivity contribution in [3.05, 3.63) is 64.7 Å². The third-order valence-electron chi connectivity index (χ3n) is 3.24. The van der Waals surface area contributed by atoms with E-state index in [9.17, 15) is 22.8 Å². The molecule has 0 spiro atoms. The van der Waals surface area contributed by atoms with Gasteiger partial charge in [0.25, 0.3) is 5.91 Å². The van der Waals surface area contributed by atoms with Crippen LogP contribution in [-0.2, 0) is 15.8 Å². The van der Waals surface area contributed by atoms with Crippen LogP contribution in [-0.4, -0.2) is 11.7 Å². The topological polar surface area (TPSA) is 70.0 Å². The van der Waals surface area contributed by atoms with Crippen molar-refractivity contribution < 1.29 is 22.8 Å². The molecule has 25 heavy (non-hydrogen) atoms. The molecular formula is C17H10ClF3N2O2. The molecule has 1 unspecified atom stereocenters. The second-order valence-corrected chi connectivity index (χ2v) is 5.45. The Balaban J connectivity index is 2.20. The second kappa shape index (κ2) is 7.36. The van der Waals surface area contributed by atoms with Crippen LogP contribution in [0, 0.1) is 11.3 Å². The van der Waals surface area contributed by atoms with E-state index in [1.807, 2.05) is 0 Å². The van der Waals surface area contributed by atoms with Crippen molar-refractivity contribution in [2.24, 2.45) is 0 Å². The number of Topliss-reactive ketones (excluding diaryl/α,β-unsaturated/α-hetero) is 1. The van der Waals surface area contributed by atoms with E-state index in [1.165, 1.54) is 30.3 Å². The zero-order valence-electron chi connectivity index (χ0n) is 12.5. The number of nitriles is 1. The van der Waals surface area contributed by atoms with Gasteiger partial charge in [0.05, 0.1) is 11.6 Å². The molecule has 2 rings (SSSR count). The maximum absolute atomic E-state index is 12.7. The normalized spacial score (nSPS) is 12.1. The summed E-state index contributed by atoms with van der Waals surface area (Å²) in [6.45, 7) is 0. The molecule has 0 aromatic heterocycles. The van der Waals surface area contributed by atoms with Gasteiger partial charge in [0, 0.05) is 10.7 Å². The van der Waals surface area contributed by atoms with E-state index in [-0.39, 0.29) is 16.3 Å². The number of alkyl halides is 3. The van der Waals surface area contributed by atoms with Gasteiger partial charge in [-0.05, 0) is 35.9 Å². The molecule has 128 valence electrons. The number of hydrogen-bond donors (Lipinski definition) is 1. The maximum atomic E-state index is 12.7. The van der Waals surface area contributed by atoms with Gasteiger partial charge in [-0.3, -0.25) is 9.59 Å². The van der Waals surface area contributed by atoms with Gasteiger partial charge in [-0.1, -0.05) is 29.8 Å². The van der Waals surface area contributed by atoms with E-state index in [2.05, 4.69) is 5.32 Å². The summed E-state index contributed by atoms with van der Waals surface area (Å²) in [5, 5.41) is 11.5. The molecule has 2 aromatic carbocycles. The van der Waals surface area contributed by atoms with Crippen LogP contribution < -0.4 is 5.32 Å². The van der Waals surface area contributed by atoms with Crippen molar-refractivity contribution in [1.29, 1.82) is 5.26 Å². The summed E-state index contributed by atoms with van der Waals surface area (Å²) in [6.07, 6.45) is -4.58. The zero-order valence-corrected chi connectivity index (χ0v) is 13.2. The molecule has 0 aliphatic heterocycles. The maximum Gasteiger partial charge on any atom is 0.416 e. The van der Waals surface area contributed by atoms with Crippen molar-refractivity contribution in [3.63, 3.8) is 0 Å². The first kappa shape index (κ1) is 18.5. The minimum Gasteiger partial charge on any atom is -0.319 e. The van der Waals surface area contributed by atoms with Crippen molar-refractivity contribution in [2.45, 2.75) is 12.1 Å². The number of benzene rings is 2. The van der Waals surface area contributed by atoms with Gasteiger partial charge in [-0.25, -0.2) is 0 Å². The van der Waals surface area contributed by atoms with Crippen LogP contribution in [0.3, 0.4) is 0 Å². The van der Waals surface area contributed by atoms with Crippen LogP contribution in [0.4, 0.5) is 18.9 Å². The van der Waals surface area contributed by atoms with Crippen LogP contribution in [0.5, 0.6) is 0 Å². The molecular weight excluding hydrogens is 357 g/mol. The number of ketones is 1. The zero-order chi connectivity index (χ0) is 18.6. The number of amides is 1. The summed E-state index contributed by atoms with van der Waals surface area (Å²) >= 11 is 5.79. The highest BCUT2D eigenvalue weighted by Gasteiger charge is 2.31. The van der Waals surface area contributed by atoms with Crippen molar-refractivity contribution >= 4 is 29.0 Å². The fraction of sp³-hybridized carbons (Fsp3) is 0.118. The number of rotatable bonds is 4. The minimum atomic E-state index is -4.58. The van der Waals surface area contributed by atoms with Crippen LogP contribution in [0.1, 0.15) is 17.0 Å². The van der Waals surface area contributed by atoms with Gasteiger partial charge in [0.2, 0.25) is 5.78 Å². The number of nitrogens with one attached hydrogen (secondary N) is 1. The van der Waals surface area contributed by atoms with Crippen LogP contribution in [0.2, 0.25) is 5.02 Å². The highest BCUT2D eigenvalue weighted by molar-refractivity contribution is 6.43. The summed E-state index contributed by atoms with van der Waals surface area (Å²) in [4.78, 5) is 24.2. The Morgan fingerprint density at radius 2 is 1.80 bits per heavy atom. The molecule has 0 aliphatic rings. The first-order valence-electron chi connectivity index (χ1n) is 6.90. The monoisotopic (exact) mass is 366 g/mol. The lowest BCUT2D eigenvalue weighted by Gasteiger charge is -2.11. The highest BCUT2D eigenvalue weighted by Crippen LogP contribution is 2.30. The number of halogens is 4. The fourth-order valence-corrected chi connectivity index (χ4v) is 2.27. The number of carbonyl (C=O) groups is 2. The van der Waals surface area contributed by atoms with Crippen molar-refractivity contribution in [1.82, 2.24) is 0 Å². The third-order valence-corrected chi connectivity index (χ3v) is 3.48. The predicted octanol–water partition coefficient (Wildman–Crippen LogP) is 4.17. The Morgan fingerprint density at radius 3 is 2.40 bits per heavy atom. The van der Waals surface area contributed by atoms with E-state index in [4.69, 9.17) is 16.9 Å². The Bertz CT molecular complexity index is 859. The van der Waals surface area contributed by atoms with Crippen LogP contribution >= 0.6 is 11.6 Å². The van der Waals surface area contributed by atoms with Gasteiger partial charge in [0.15, 0.2) is 0 Å². The molecule has 0 radical (unpaired) electrons. The van der Waals surface area contributed by atoms with Crippen molar-refractivity contribution in [2.75, 3.05) is 5.32 Å². The lowest BCUT2D eigenvalue weighted by atomic mass is 9.95. The van der Waals surface area contributed by atoms with E-state index in [0.717, 1.165) is 12.1 Å². The first-order valence-corrected chi connectivity index (χ1v) is 7.27. The molecule has 2 aromatic rings. The van der Waals surface area contributed by atoms with E-state index in [1.54, 1.807) is 6.07 Å². The Morgan fingerprint density at radius 1 is 1.12 bits per heavy atom. The lowest BCUT2D eigenvalue weighted by Crippen LogP contribution is -2.28. The SMILES string of the molecule is N#CC(C(=O)C(=O)Nc1cccc(C(F)(F)F)c1)c1cccc(Cl)c1. The van der Waals surface area contributed by atoms with Gasteiger partial charge in [-0.2, -0.15) is 18.4 Å². The number of anilines is 1. The number of carbonyl (C=O) groups excluding carboxylic acids is 2. The predicted molar refractivity (Wildman–Crippen MR) is 84.9 cm³/mol. The molecule has 4 nitrogen and oxygen atoms in total. The standard InChI is InChI=1S/C17H10ClF3N2O2/c18-12-5-1-3-10(7-12)14(9-22)15(24)16(25)23-13-6-2-4-11(8-13)17(19,20)21/h1-8,14H,(H,23,25). The van der Waals surface area contributed by atoms with E-state index >= 15 is 0 Å². The van der Waals surface area contributed by atoms with Crippen LogP contribution in [0.15, 0.2) is 48.5 Å². The molecule has 1 amide bonds. The molecule has 0 bridgehead atoms. The Labute approximate surface area is 145 Å². The largest absolute Gasteiger partial charge is 0.416 e. The molecule has 0 heterocycles. The molecule has 1 atom stereocenters. The summed E-state index contributed by atoms with van der Waals surface area (Å²) in [5.74, 6) is -3.70. The average molecular weight is 367 g/mol. The Hall–Kier alpha value is -2.85. The van der Waals surface area contributed by atoms with Gasteiger partial charge >= 0.3 is 6.18 Å². The summed E-state index contributed by atoms with van der Waals surface area (Å²) in [7, 11) is 0. The third kappa shape index (κ3) is 4.58. The first-order chi connectivity index (χ1) is 11.7. The molecule has 0 saturated heterocycles. The van der Waals surface area contributed by atoms with Crippen LogP contribution in [0.25, 0.3) is 0 Å². The molecule has 0 saturated carbocycles.